The summed E-state index contributed by atoms with van der Waals surface area (Å²) in [7, 11) is 1.64. The van der Waals surface area contributed by atoms with Gasteiger partial charge >= 0.3 is 0 Å². The average Bonchev–Trinajstić information content (AvgIpc) is 2.37. The highest BCUT2D eigenvalue weighted by Crippen LogP contribution is 2.22. The Morgan fingerprint density at radius 3 is 2.94 bits per heavy atom. The van der Waals surface area contributed by atoms with E-state index in [0.717, 1.165) is 5.56 Å². The third-order valence-electron chi connectivity index (χ3n) is 2.34. The topological polar surface area (TPSA) is 30.5 Å². The van der Waals surface area contributed by atoms with Crippen molar-refractivity contribution in [3.05, 3.63) is 29.6 Å². The zero-order chi connectivity index (χ0) is 13.2. The van der Waals surface area contributed by atoms with Crippen LogP contribution in [0.15, 0.2) is 18.2 Å². The quantitative estimate of drug-likeness (QED) is 0.566. The Hall–Kier alpha value is -1.57. The van der Waals surface area contributed by atoms with Crippen LogP contribution in [0.5, 0.6) is 5.75 Å². The lowest BCUT2D eigenvalue weighted by Crippen LogP contribution is -2.19. The van der Waals surface area contributed by atoms with Crippen molar-refractivity contribution in [2.45, 2.75) is 13.0 Å². The van der Waals surface area contributed by atoms with Gasteiger partial charge < -0.3 is 14.8 Å². The van der Waals surface area contributed by atoms with Crippen molar-refractivity contribution >= 4 is 0 Å². The molecule has 0 aliphatic heterocycles. The number of hydrogen-bond acceptors (Lipinski definition) is 3. The van der Waals surface area contributed by atoms with Crippen LogP contribution >= 0.6 is 0 Å². The van der Waals surface area contributed by atoms with Gasteiger partial charge in [0.15, 0.2) is 11.6 Å². The van der Waals surface area contributed by atoms with Crippen molar-refractivity contribution in [1.29, 1.82) is 0 Å². The first-order valence-corrected chi connectivity index (χ1v) is 5.83. The molecule has 0 aliphatic carbocycles. The van der Waals surface area contributed by atoms with Gasteiger partial charge in [0.2, 0.25) is 0 Å². The molecular weight excluding hydrogens is 233 g/mol. The van der Waals surface area contributed by atoms with Gasteiger partial charge in [-0.25, -0.2) is 4.39 Å². The number of nitrogens with one attached hydrogen (secondary N) is 1. The minimum absolute atomic E-state index is 0.276. The molecule has 0 bridgehead atoms. The fourth-order valence-electron chi connectivity index (χ4n) is 1.46. The summed E-state index contributed by atoms with van der Waals surface area (Å²) in [5.41, 5.74) is 0.781. The fourth-order valence-corrected chi connectivity index (χ4v) is 1.46. The molecule has 0 unspecified atom stereocenters. The van der Waals surface area contributed by atoms with Crippen molar-refractivity contribution in [3.8, 4) is 18.1 Å². The van der Waals surface area contributed by atoms with E-state index in [2.05, 4.69) is 11.2 Å². The maximum absolute atomic E-state index is 13.6. The summed E-state index contributed by atoms with van der Waals surface area (Å²) in [6.45, 7) is 2.18. The molecule has 0 fully saturated rings. The Balaban J connectivity index is 2.59. The minimum atomic E-state index is -0.363. The largest absolute Gasteiger partial charge is 0.489 e. The molecule has 1 aromatic carbocycles. The molecule has 0 heterocycles. The van der Waals surface area contributed by atoms with Crippen molar-refractivity contribution in [2.75, 3.05) is 26.9 Å². The predicted molar refractivity (Wildman–Crippen MR) is 68.9 cm³/mol. The molecule has 18 heavy (non-hydrogen) atoms. The van der Waals surface area contributed by atoms with Gasteiger partial charge in [-0.1, -0.05) is 12.1 Å². The third-order valence-corrected chi connectivity index (χ3v) is 2.34. The van der Waals surface area contributed by atoms with E-state index in [-0.39, 0.29) is 11.6 Å². The van der Waals surface area contributed by atoms with Gasteiger partial charge in [0.25, 0.3) is 0 Å². The van der Waals surface area contributed by atoms with Gasteiger partial charge in [-0.15, -0.1) is 12.3 Å². The number of para-hydroxylation sites is 1. The first-order valence-electron chi connectivity index (χ1n) is 5.83. The summed E-state index contributed by atoms with van der Waals surface area (Å²) in [6, 6.07) is 4.87. The molecule has 0 aromatic heterocycles. The van der Waals surface area contributed by atoms with E-state index in [9.17, 15) is 4.39 Å². The van der Waals surface area contributed by atoms with Crippen LogP contribution in [0.25, 0.3) is 0 Å². The lowest BCUT2D eigenvalue weighted by Gasteiger charge is -2.12. The van der Waals surface area contributed by atoms with E-state index in [1.807, 2.05) is 6.07 Å². The molecule has 0 radical (unpaired) electrons. The molecule has 1 rings (SSSR count). The number of methoxy groups -OCH3 is 1. The highest BCUT2D eigenvalue weighted by atomic mass is 19.1. The van der Waals surface area contributed by atoms with Gasteiger partial charge in [-0.3, -0.25) is 0 Å². The van der Waals surface area contributed by atoms with Gasteiger partial charge in [0.1, 0.15) is 0 Å². The molecule has 1 N–H and O–H groups in total. The number of rotatable bonds is 8. The second-order valence-electron chi connectivity index (χ2n) is 3.70. The second kappa shape index (κ2) is 8.51. The Morgan fingerprint density at radius 2 is 2.22 bits per heavy atom. The molecule has 0 aliphatic rings. The van der Waals surface area contributed by atoms with E-state index >= 15 is 0 Å². The average molecular weight is 251 g/mol. The van der Waals surface area contributed by atoms with E-state index in [0.29, 0.717) is 32.7 Å². The summed E-state index contributed by atoms with van der Waals surface area (Å²) in [4.78, 5) is 0. The van der Waals surface area contributed by atoms with Crippen molar-refractivity contribution in [1.82, 2.24) is 5.32 Å². The fraction of sp³-hybridized carbons (Fsp3) is 0.429. The maximum Gasteiger partial charge on any atom is 0.165 e. The smallest absolute Gasteiger partial charge is 0.165 e. The van der Waals surface area contributed by atoms with Crippen molar-refractivity contribution < 1.29 is 13.9 Å². The van der Waals surface area contributed by atoms with Crippen LogP contribution in [-0.4, -0.2) is 26.9 Å². The van der Waals surface area contributed by atoms with E-state index in [1.54, 1.807) is 13.2 Å². The van der Waals surface area contributed by atoms with Crippen LogP contribution in [0.3, 0.4) is 0 Å². The summed E-state index contributed by atoms with van der Waals surface area (Å²) in [5.74, 6) is 2.37. The highest BCUT2D eigenvalue weighted by Gasteiger charge is 2.09. The number of hydrogen-bond donors (Lipinski definition) is 1. The summed E-state index contributed by atoms with van der Waals surface area (Å²) >= 11 is 0. The number of terminal acetylenes is 1. The zero-order valence-electron chi connectivity index (χ0n) is 10.5. The standard InChI is InChI=1S/C14H18FNO2/c1-3-4-9-18-14-12(6-5-7-13(14)15)11-16-8-10-17-2/h1,5-7,16H,4,8-11H2,2H3. The third kappa shape index (κ3) is 4.74. The van der Waals surface area contributed by atoms with E-state index in [4.69, 9.17) is 15.9 Å². The van der Waals surface area contributed by atoms with E-state index in [1.165, 1.54) is 6.07 Å². The summed E-state index contributed by atoms with van der Waals surface area (Å²) in [5, 5.41) is 3.15. The molecule has 3 nitrogen and oxygen atoms in total. The maximum atomic E-state index is 13.6. The molecule has 0 amide bonds. The Labute approximate surface area is 107 Å². The molecule has 0 saturated carbocycles. The molecular formula is C14H18FNO2. The first-order chi connectivity index (χ1) is 8.79. The first kappa shape index (κ1) is 14.5. The Morgan fingerprint density at radius 1 is 1.39 bits per heavy atom. The second-order valence-corrected chi connectivity index (χ2v) is 3.70. The SMILES string of the molecule is C#CCCOc1c(F)cccc1CNCCOC. The monoisotopic (exact) mass is 251 g/mol. The Kier molecular flexibility index (Phi) is 6.85. The summed E-state index contributed by atoms with van der Waals surface area (Å²) in [6.07, 6.45) is 5.60. The van der Waals surface area contributed by atoms with Gasteiger partial charge in [0, 0.05) is 32.2 Å². The van der Waals surface area contributed by atoms with Crippen molar-refractivity contribution in [3.63, 3.8) is 0 Å². The predicted octanol–water partition coefficient (Wildman–Crippen LogP) is 1.96. The highest BCUT2D eigenvalue weighted by molar-refractivity contribution is 5.34. The molecule has 98 valence electrons. The number of halogens is 1. The zero-order valence-corrected chi connectivity index (χ0v) is 10.5. The molecule has 0 saturated heterocycles. The number of benzene rings is 1. The molecule has 0 spiro atoms. The number of ether oxygens (including phenoxy) is 2. The lowest BCUT2D eigenvalue weighted by molar-refractivity contribution is 0.199. The van der Waals surface area contributed by atoms with Crippen molar-refractivity contribution in [2.24, 2.45) is 0 Å². The molecule has 4 heteroatoms. The van der Waals surface area contributed by atoms with Crippen LogP contribution in [0.4, 0.5) is 4.39 Å². The van der Waals surface area contributed by atoms with Crippen LogP contribution < -0.4 is 10.1 Å². The normalized spacial score (nSPS) is 10.1. The van der Waals surface area contributed by atoms with Gasteiger partial charge in [-0.05, 0) is 6.07 Å². The van der Waals surface area contributed by atoms with Crippen LogP contribution in [0, 0.1) is 18.2 Å². The lowest BCUT2D eigenvalue weighted by atomic mass is 10.2. The van der Waals surface area contributed by atoms with E-state index < -0.39 is 0 Å². The molecule has 1 aromatic rings. The molecule has 0 atom stereocenters. The summed E-state index contributed by atoms with van der Waals surface area (Å²) < 4.78 is 23.9. The van der Waals surface area contributed by atoms with Crippen LogP contribution in [0.1, 0.15) is 12.0 Å². The minimum Gasteiger partial charge on any atom is -0.489 e. The van der Waals surface area contributed by atoms with Crippen LogP contribution in [0.2, 0.25) is 0 Å². The van der Waals surface area contributed by atoms with Gasteiger partial charge in [0.05, 0.1) is 13.2 Å². The Bertz CT molecular complexity index is 401. The van der Waals surface area contributed by atoms with Gasteiger partial charge in [-0.2, -0.15) is 0 Å². The van der Waals surface area contributed by atoms with Crippen LogP contribution in [-0.2, 0) is 11.3 Å².